The highest BCUT2D eigenvalue weighted by atomic mass is 16.5. The van der Waals surface area contributed by atoms with E-state index in [1.165, 1.54) is 5.56 Å². The Hall–Kier alpha value is -1.03. The van der Waals surface area contributed by atoms with Crippen molar-refractivity contribution >= 4 is 0 Å². The van der Waals surface area contributed by atoms with Gasteiger partial charge in [-0.1, -0.05) is 6.92 Å². The lowest BCUT2D eigenvalue weighted by Crippen LogP contribution is -2.02. The second-order valence-electron chi connectivity index (χ2n) is 2.94. The second-order valence-corrected chi connectivity index (χ2v) is 2.94. The zero-order valence-electron chi connectivity index (χ0n) is 8.26. The molecule has 0 amide bonds. The van der Waals surface area contributed by atoms with E-state index in [-0.39, 0.29) is 0 Å². The summed E-state index contributed by atoms with van der Waals surface area (Å²) in [5.41, 5.74) is 7.79. The molecule has 0 bridgehead atoms. The topological polar surface area (TPSA) is 63.9 Å². The van der Waals surface area contributed by atoms with Gasteiger partial charge in [-0.2, -0.15) is 0 Å². The number of ether oxygens (including phenoxy) is 1. The third-order valence-corrected chi connectivity index (χ3v) is 2.09. The molecule has 1 heterocycles. The molecule has 3 N–H and O–H groups in total. The van der Waals surface area contributed by atoms with E-state index < -0.39 is 0 Å². The molecule has 1 aromatic heterocycles. The second kappa shape index (κ2) is 4.87. The summed E-state index contributed by atoms with van der Waals surface area (Å²) in [6.07, 6.45) is 2.87. The van der Waals surface area contributed by atoms with Gasteiger partial charge in [0.1, 0.15) is 0 Å². The van der Waals surface area contributed by atoms with Crippen molar-refractivity contribution in [1.82, 2.24) is 10.2 Å². The number of methoxy groups -OCH3 is 1. The Morgan fingerprint density at radius 1 is 1.54 bits per heavy atom. The Bertz CT molecular complexity index is 236. The van der Waals surface area contributed by atoms with Crippen LogP contribution < -0.4 is 10.5 Å². The molecule has 0 atom stereocenters. The van der Waals surface area contributed by atoms with Crippen molar-refractivity contribution in [2.45, 2.75) is 26.2 Å². The van der Waals surface area contributed by atoms with Crippen molar-refractivity contribution in [2.75, 3.05) is 13.7 Å². The molecule has 0 fully saturated rings. The first-order valence-corrected chi connectivity index (χ1v) is 4.63. The summed E-state index contributed by atoms with van der Waals surface area (Å²) in [7, 11) is 1.64. The fraction of sp³-hybridized carbons (Fsp3) is 0.667. The van der Waals surface area contributed by atoms with Crippen LogP contribution in [0.2, 0.25) is 0 Å². The van der Waals surface area contributed by atoms with Gasteiger partial charge in [0.25, 0.3) is 0 Å². The molecule has 0 radical (unpaired) electrons. The van der Waals surface area contributed by atoms with E-state index in [2.05, 4.69) is 17.1 Å². The maximum atomic E-state index is 5.46. The molecule has 74 valence electrons. The fourth-order valence-electron chi connectivity index (χ4n) is 1.38. The van der Waals surface area contributed by atoms with Crippen LogP contribution in [0.5, 0.6) is 5.88 Å². The van der Waals surface area contributed by atoms with Crippen molar-refractivity contribution in [2.24, 2.45) is 5.73 Å². The van der Waals surface area contributed by atoms with Crippen LogP contribution in [-0.2, 0) is 12.8 Å². The Balaban J connectivity index is 2.78. The number of nitrogens with one attached hydrogen (secondary N) is 1. The Morgan fingerprint density at radius 2 is 2.31 bits per heavy atom. The van der Waals surface area contributed by atoms with Crippen molar-refractivity contribution in [3.8, 4) is 5.88 Å². The van der Waals surface area contributed by atoms with Gasteiger partial charge in [0.15, 0.2) is 0 Å². The van der Waals surface area contributed by atoms with Gasteiger partial charge in [-0.15, -0.1) is 5.10 Å². The largest absolute Gasteiger partial charge is 0.480 e. The molecule has 0 saturated heterocycles. The van der Waals surface area contributed by atoms with Crippen molar-refractivity contribution in [3.63, 3.8) is 0 Å². The molecule has 0 saturated carbocycles. The number of aromatic nitrogens is 2. The van der Waals surface area contributed by atoms with Crippen LogP contribution in [0.25, 0.3) is 0 Å². The van der Waals surface area contributed by atoms with E-state index in [1.54, 1.807) is 7.11 Å². The maximum absolute atomic E-state index is 5.46. The van der Waals surface area contributed by atoms with Crippen molar-refractivity contribution < 1.29 is 4.74 Å². The molecule has 0 aliphatic heterocycles. The first kappa shape index (κ1) is 10.1. The van der Waals surface area contributed by atoms with Crippen LogP contribution in [-0.4, -0.2) is 23.9 Å². The van der Waals surface area contributed by atoms with E-state index >= 15 is 0 Å². The molecule has 0 aliphatic carbocycles. The van der Waals surface area contributed by atoms with E-state index in [1.807, 2.05) is 0 Å². The van der Waals surface area contributed by atoms with Crippen molar-refractivity contribution in [3.05, 3.63) is 11.3 Å². The predicted octanol–water partition coefficient (Wildman–Crippen LogP) is 0.872. The van der Waals surface area contributed by atoms with Gasteiger partial charge in [-0.3, -0.25) is 5.10 Å². The highest BCUT2D eigenvalue weighted by Crippen LogP contribution is 2.20. The molecule has 0 unspecified atom stereocenters. The summed E-state index contributed by atoms with van der Waals surface area (Å²) in [4.78, 5) is 0. The summed E-state index contributed by atoms with van der Waals surface area (Å²) >= 11 is 0. The number of nitrogens with zero attached hydrogens (tertiary/aromatic N) is 1. The van der Waals surface area contributed by atoms with E-state index in [0.29, 0.717) is 12.4 Å². The fourth-order valence-corrected chi connectivity index (χ4v) is 1.38. The van der Waals surface area contributed by atoms with Crippen molar-refractivity contribution in [1.29, 1.82) is 0 Å². The quantitative estimate of drug-likeness (QED) is 0.712. The lowest BCUT2D eigenvalue weighted by atomic mass is 10.1. The van der Waals surface area contributed by atoms with Crippen LogP contribution in [0.1, 0.15) is 24.6 Å². The van der Waals surface area contributed by atoms with Gasteiger partial charge in [0.2, 0.25) is 5.88 Å². The summed E-state index contributed by atoms with van der Waals surface area (Å²) in [6.45, 7) is 2.80. The summed E-state index contributed by atoms with van der Waals surface area (Å²) in [5, 5.41) is 7.04. The standard InChI is InChI=1S/C9H17N3O/c1-3-8-7(5-4-6-10)9(13-2)12-11-8/h3-6,10H2,1-2H3,(H,11,12). The first-order valence-electron chi connectivity index (χ1n) is 4.63. The SMILES string of the molecule is CCc1[nH]nc(OC)c1CCCN. The molecule has 13 heavy (non-hydrogen) atoms. The first-order chi connectivity index (χ1) is 6.33. The van der Waals surface area contributed by atoms with Crippen LogP contribution >= 0.6 is 0 Å². The minimum Gasteiger partial charge on any atom is -0.480 e. The summed E-state index contributed by atoms with van der Waals surface area (Å²) in [6, 6.07) is 0. The van der Waals surface area contributed by atoms with Crippen LogP contribution in [0.15, 0.2) is 0 Å². The highest BCUT2D eigenvalue weighted by Gasteiger charge is 2.10. The molecule has 0 aromatic carbocycles. The van der Waals surface area contributed by atoms with E-state index in [4.69, 9.17) is 10.5 Å². The average Bonchev–Trinajstić information content (AvgIpc) is 2.56. The third-order valence-electron chi connectivity index (χ3n) is 2.09. The monoisotopic (exact) mass is 183 g/mol. The highest BCUT2D eigenvalue weighted by molar-refractivity contribution is 5.30. The van der Waals surface area contributed by atoms with Gasteiger partial charge >= 0.3 is 0 Å². The minimum absolute atomic E-state index is 0.706. The Labute approximate surface area is 78.5 Å². The lowest BCUT2D eigenvalue weighted by Gasteiger charge is -2.01. The van der Waals surface area contributed by atoms with Gasteiger partial charge in [0.05, 0.1) is 7.11 Å². The van der Waals surface area contributed by atoms with Gasteiger partial charge in [-0.25, -0.2) is 0 Å². The number of hydrogen-bond donors (Lipinski definition) is 2. The van der Waals surface area contributed by atoms with Crippen LogP contribution in [0.3, 0.4) is 0 Å². The summed E-state index contributed by atoms with van der Waals surface area (Å²) < 4.78 is 5.14. The smallest absolute Gasteiger partial charge is 0.235 e. The maximum Gasteiger partial charge on any atom is 0.235 e. The molecule has 1 rings (SSSR count). The van der Waals surface area contributed by atoms with E-state index in [0.717, 1.165) is 25.0 Å². The molecular formula is C9H17N3O. The molecule has 0 spiro atoms. The van der Waals surface area contributed by atoms with Gasteiger partial charge in [0, 0.05) is 11.3 Å². The lowest BCUT2D eigenvalue weighted by molar-refractivity contribution is 0.392. The molecule has 4 heteroatoms. The number of hydrogen-bond acceptors (Lipinski definition) is 3. The third kappa shape index (κ3) is 2.21. The molecule has 4 nitrogen and oxygen atoms in total. The number of aromatic amines is 1. The molecular weight excluding hydrogens is 166 g/mol. The van der Waals surface area contributed by atoms with Crippen LogP contribution in [0.4, 0.5) is 0 Å². The Kier molecular flexibility index (Phi) is 3.76. The summed E-state index contributed by atoms with van der Waals surface area (Å²) in [5.74, 6) is 0.713. The van der Waals surface area contributed by atoms with E-state index in [9.17, 15) is 0 Å². The van der Waals surface area contributed by atoms with Gasteiger partial charge < -0.3 is 10.5 Å². The number of rotatable bonds is 5. The normalized spacial score (nSPS) is 10.4. The zero-order chi connectivity index (χ0) is 9.68. The van der Waals surface area contributed by atoms with Gasteiger partial charge in [-0.05, 0) is 25.8 Å². The Morgan fingerprint density at radius 3 is 2.85 bits per heavy atom. The average molecular weight is 183 g/mol. The molecule has 0 aliphatic rings. The van der Waals surface area contributed by atoms with Crippen LogP contribution in [0, 0.1) is 0 Å². The number of aryl methyl sites for hydroxylation is 1. The number of nitrogens with two attached hydrogens (primary N) is 1. The zero-order valence-corrected chi connectivity index (χ0v) is 8.26. The minimum atomic E-state index is 0.706. The number of H-pyrrole nitrogens is 1. The molecule has 1 aromatic rings. The predicted molar refractivity (Wildman–Crippen MR) is 51.9 cm³/mol.